The Hall–Kier alpha value is -1.61. The van der Waals surface area contributed by atoms with Crippen molar-refractivity contribution in [3.63, 3.8) is 0 Å². The molecule has 1 aromatic heterocycles. The number of urea groups is 1. The number of hydrogen-bond acceptors (Lipinski definition) is 4. The van der Waals surface area contributed by atoms with Gasteiger partial charge in [0.2, 0.25) is 0 Å². The second kappa shape index (κ2) is 5.41. The molecule has 1 saturated heterocycles. The minimum absolute atomic E-state index is 0.0977. The van der Waals surface area contributed by atoms with Crippen LogP contribution >= 0.6 is 0 Å². The van der Waals surface area contributed by atoms with Crippen molar-refractivity contribution in [2.75, 3.05) is 40.3 Å². The number of aromatic amines is 1. The number of hydrogen-bond donors (Lipinski definition) is 1. The third-order valence-corrected chi connectivity index (χ3v) is 5.00. The molecule has 2 rings (SSSR count). The van der Waals surface area contributed by atoms with Crippen LogP contribution < -0.4 is 0 Å². The molecule has 1 aliphatic heterocycles. The quantitative estimate of drug-likeness (QED) is 0.812. The lowest BCUT2D eigenvalue weighted by Gasteiger charge is -2.34. The minimum atomic E-state index is -3.55. The summed E-state index contributed by atoms with van der Waals surface area (Å²) in [6, 6.07) is -0.0977. The molecule has 0 saturated carbocycles. The van der Waals surface area contributed by atoms with Crippen molar-refractivity contribution in [1.82, 2.24) is 24.1 Å². The van der Waals surface area contributed by atoms with Gasteiger partial charge in [-0.3, -0.25) is 0 Å². The topological polar surface area (TPSA) is 89.6 Å². The van der Waals surface area contributed by atoms with Crippen LogP contribution in [-0.2, 0) is 10.0 Å². The molecular weight excluding hydrogens is 282 g/mol. The highest BCUT2D eigenvalue weighted by atomic mass is 32.2. The number of piperazine rings is 1. The van der Waals surface area contributed by atoms with Crippen molar-refractivity contribution in [3.05, 3.63) is 12.0 Å². The molecule has 0 radical (unpaired) electrons. The molecule has 0 aliphatic carbocycles. The SMILES string of the molecule is Cc1ncc(S(=O)(=O)N2CCN(C(=O)N(C)C)CC2)[nH]1. The second-order valence-corrected chi connectivity index (χ2v) is 6.81. The van der Waals surface area contributed by atoms with Crippen LogP contribution in [0.4, 0.5) is 4.79 Å². The van der Waals surface area contributed by atoms with E-state index in [2.05, 4.69) is 9.97 Å². The first-order valence-corrected chi connectivity index (χ1v) is 7.74. The molecule has 2 amide bonds. The van der Waals surface area contributed by atoms with Crippen LogP contribution in [0.15, 0.2) is 11.2 Å². The number of imidazole rings is 1. The Bertz CT molecular complexity index is 587. The lowest BCUT2D eigenvalue weighted by molar-refractivity contribution is 0.149. The first-order chi connectivity index (χ1) is 9.32. The van der Waals surface area contributed by atoms with Gasteiger partial charge in [-0.15, -0.1) is 0 Å². The fraction of sp³-hybridized carbons (Fsp3) is 0.636. The van der Waals surface area contributed by atoms with Crippen LogP contribution in [0.25, 0.3) is 0 Å². The highest BCUT2D eigenvalue weighted by Gasteiger charge is 2.31. The van der Waals surface area contributed by atoms with E-state index >= 15 is 0 Å². The monoisotopic (exact) mass is 301 g/mol. The van der Waals surface area contributed by atoms with E-state index in [1.165, 1.54) is 15.4 Å². The molecule has 9 heteroatoms. The third-order valence-electron chi connectivity index (χ3n) is 3.19. The van der Waals surface area contributed by atoms with E-state index in [4.69, 9.17) is 0 Å². The zero-order chi connectivity index (χ0) is 14.9. The maximum absolute atomic E-state index is 12.4. The average molecular weight is 301 g/mol. The molecule has 8 nitrogen and oxygen atoms in total. The summed E-state index contributed by atoms with van der Waals surface area (Å²) < 4.78 is 26.1. The lowest BCUT2D eigenvalue weighted by atomic mass is 10.4. The zero-order valence-electron chi connectivity index (χ0n) is 11.8. The number of rotatable bonds is 2. The third kappa shape index (κ3) is 2.78. The lowest BCUT2D eigenvalue weighted by Crippen LogP contribution is -2.52. The van der Waals surface area contributed by atoms with Crippen molar-refractivity contribution in [3.8, 4) is 0 Å². The molecule has 2 heterocycles. The minimum Gasteiger partial charge on any atom is -0.332 e. The summed E-state index contributed by atoms with van der Waals surface area (Å²) in [5, 5.41) is 0.0994. The predicted molar refractivity (Wildman–Crippen MR) is 72.7 cm³/mol. The maximum atomic E-state index is 12.4. The van der Waals surface area contributed by atoms with Crippen LogP contribution in [0.5, 0.6) is 0 Å². The standard InChI is InChI=1S/C11H19N5O3S/c1-9-12-8-10(13-9)20(18,19)16-6-4-15(5-7-16)11(17)14(2)3/h8H,4-7H2,1-3H3,(H,12,13). The number of carbonyl (C=O) groups excluding carboxylic acids is 1. The Kier molecular flexibility index (Phi) is 4.00. The number of amides is 2. The molecule has 0 spiro atoms. The molecule has 1 fully saturated rings. The maximum Gasteiger partial charge on any atom is 0.319 e. The van der Waals surface area contributed by atoms with Crippen molar-refractivity contribution in [2.45, 2.75) is 11.9 Å². The first kappa shape index (κ1) is 14.8. The van der Waals surface area contributed by atoms with Crippen LogP contribution in [0, 0.1) is 6.92 Å². The van der Waals surface area contributed by atoms with Crippen molar-refractivity contribution in [2.24, 2.45) is 0 Å². The summed E-state index contributed by atoms with van der Waals surface area (Å²) in [5.74, 6) is 0.560. The van der Waals surface area contributed by atoms with E-state index in [0.717, 1.165) is 0 Å². The van der Waals surface area contributed by atoms with E-state index in [9.17, 15) is 13.2 Å². The molecule has 0 unspecified atom stereocenters. The van der Waals surface area contributed by atoms with Gasteiger partial charge in [-0.05, 0) is 6.92 Å². The largest absolute Gasteiger partial charge is 0.332 e. The summed E-state index contributed by atoms with van der Waals surface area (Å²) in [6.45, 7) is 3.07. The molecule has 1 aromatic rings. The zero-order valence-corrected chi connectivity index (χ0v) is 12.6. The average Bonchev–Trinajstić information content (AvgIpc) is 2.85. The van der Waals surface area contributed by atoms with Gasteiger partial charge in [-0.25, -0.2) is 18.2 Å². The smallest absolute Gasteiger partial charge is 0.319 e. The van der Waals surface area contributed by atoms with Gasteiger partial charge >= 0.3 is 6.03 Å². The molecular formula is C11H19N5O3S. The Morgan fingerprint density at radius 2 is 1.90 bits per heavy atom. The molecule has 0 aromatic carbocycles. The number of aryl methyl sites for hydroxylation is 1. The summed E-state index contributed by atoms with van der Waals surface area (Å²) >= 11 is 0. The first-order valence-electron chi connectivity index (χ1n) is 6.30. The molecule has 20 heavy (non-hydrogen) atoms. The fourth-order valence-electron chi connectivity index (χ4n) is 2.07. The normalized spacial score (nSPS) is 17.2. The number of aromatic nitrogens is 2. The number of carbonyl (C=O) groups is 1. The Morgan fingerprint density at radius 1 is 1.30 bits per heavy atom. The number of H-pyrrole nitrogens is 1. The van der Waals surface area contributed by atoms with Gasteiger partial charge in [0.25, 0.3) is 10.0 Å². The predicted octanol–water partition coefficient (Wildman–Crippen LogP) is -0.294. The summed E-state index contributed by atoms with van der Waals surface area (Å²) in [7, 11) is -0.188. The van der Waals surface area contributed by atoms with E-state index in [-0.39, 0.29) is 11.1 Å². The number of nitrogens with zero attached hydrogens (tertiary/aromatic N) is 4. The van der Waals surface area contributed by atoms with Gasteiger partial charge in [0, 0.05) is 40.3 Å². The molecule has 112 valence electrons. The fourth-order valence-corrected chi connectivity index (χ4v) is 3.46. The van der Waals surface area contributed by atoms with E-state index < -0.39 is 10.0 Å². The van der Waals surface area contributed by atoms with Gasteiger partial charge in [0.05, 0.1) is 6.20 Å². The van der Waals surface area contributed by atoms with Crippen molar-refractivity contribution in [1.29, 1.82) is 0 Å². The second-order valence-electron chi connectivity index (χ2n) is 4.90. The van der Waals surface area contributed by atoms with Crippen molar-refractivity contribution >= 4 is 16.1 Å². The summed E-state index contributed by atoms with van der Waals surface area (Å²) in [6.07, 6.45) is 1.32. The summed E-state index contributed by atoms with van der Waals surface area (Å²) in [4.78, 5) is 21.6. The van der Waals surface area contributed by atoms with Gasteiger partial charge in [-0.1, -0.05) is 0 Å². The highest BCUT2D eigenvalue weighted by Crippen LogP contribution is 2.16. The van der Waals surface area contributed by atoms with E-state index in [0.29, 0.717) is 32.0 Å². The Morgan fingerprint density at radius 3 is 2.35 bits per heavy atom. The van der Waals surface area contributed by atoms with Crippen LogP contribution in [-0.4, -0.2) is 78.8 Å². The van der Waals surface area contributed by atoms with E-state index in [1.54, 1.807) is 25.9 Å². The summed E-state index contributed by atoms with van der Waals surface area (Å²) in [5.41, 5.74) is 0. The number of nitrogens with one attached hydrogen (secondary N) is 1. The van der Waals surface area contributed by atoms with Gasteiger partial charge < -0.3 is 14.8 Å². The van der Waals surface area contributed by atoms with Crippen LogP contribution in [0.3, 0.4) is 0 Å². The number of sulfonamides is 1. The van der Waals surface area contributed by atoms with Gasteiger partial charge in [-0.2, -0.15) is 4.31 Å². The van der Waals surface area contributed by atoms with Gasteiger partial charge in [0.1, 0.15) is 5.82 Å². The highest BCUT2D eigenvalue weighted by molar-refractivity contribution is 7.89. The Balaban J connectivity index is 2.05. The molecule has 1 aliphatic rings. The van der Waals surface area contributed by atoms with E-state index in [1.807, 2.05) is 0 Å². The van der Waals surface area contributed by atoms with Crippen LogP contribution in [0.1, 0.15) is 5.82 Å². The van der Waals surface area contributed by atoms with Gasteiger partial charge in [0.15, 0.2) is 5.03 Å². The molecule has 0 bridgehead atoms. The molecule has 1 N–H and O–H groups in total. The Labute approximate surface area is 118 Å². The van der Waals surface area contributed by atoms with Crippen LogP contribution in [0.2, 0.25) is 0 Å². The van der Waals surface area contributed by atoms with Crippen molar-refractivity contribution < 1.29 is 13.2 Å². The molecule has 0 atom stereocenters.